The van der Waals surface area contributed by atoms with E-state index in [1.54, 1.807) is 6.92 Å². The molecule has 2 atom stereocenters. The lowest BCUT2D eigenvalue weighted by molar-refractivity contribution is -0.150. The summed E-state index contributed by atoms with van der Waals surface area (Å²) in [6, 6.07) is 9.34. The number of carboxylic acids is 1. The van der Waals surface area contributed by atoms with Gasteiger partial charge in [0.15, 0.2) is 0 Å². The summed E-state index contributed by atoms with van der Waals surface area (Å²) in [6.45, 7) is 2.19. The van der Waals surface area contributed by atoms with E-state index in [4.69, 9.17) is 16.3 Å². The van der Waals surface area contributed by atoms with Gasteiger partial charge in [-0.25, -0.2) is 4.68 Å². The van der Waals surface area contributed by atoms with Gasteiger partial charge in [-0.1, -0.05) is 29.8 Å². The van der Waals surface area contributed by atoms with E-state index in [9.17, 15) is 14.7 Å². The number of aryl methyl sites for hydroxylation is 1. The number of hydrogen-bond donors (Lipinski definition) is 2. The molecule has 1 amide bonds. The van der Waals surface area contributed by atoms with Crippen molar-refractivity contribution in [2.45, 2.75) is 31.8 Å². The van der Waals surface area contributed by atoms with Gasteiger partial charge in [0.1, 0.15) is 5.15 Å². The van der Waals surface area contributed by atoms with Crippen LogP contribution in [0.2, 0.25) is 5.15 Å². The highest BCUT2D eigenvalue weighted by Gasteiger charge is 2.59. The number of fused-ring (bicyclic) bond motifs is 2. The summed E-state index contributed by atoms with van der Waals surface area (Å²) in [4.78, 5) is 24.3. The maximum atomic E-state index is 12.8. The van der Waals surface area contributed by atoms with Gasteiger partial charge in [-0.15, -0.1) is 0 Å². The highest BCUT2D eigenvalue weighted by molar-refractivity contribution is 6.33. The zero-order valence-corrected chi connectivity index (χ0v) is 15.6. The van der Waals surface area contributed by atoms with Gasteiger partial charge in [0, 0.05) is 6.54 Å². The predicted octanol–water partition coefficient (Wildman–Crippen LogP) is 2.59. The van der Waals surface area contributed by atoms with Crippen LogP contribution >= 0.6 is 11.6 Å². The van der Waals surface area contributed by atoms with E-state index in [2.05, 4.69) is 10.4 Å². The molecule has 2 unspecified atom stereocenters. The molecule has 1 aromatic heterocycles. The fraction of sp³-hybridized carbons (Fsp3) is 0.421. The van der Waals surface area contributed by atoms with Gasteiger partial charge in [-0.05, 0) is 38.3 Å². The molecule has 8 heteroatoms. The van der Waals surface area contributed by atoms with Crippen LogP contribution in [0.25, 0.3) is 5.69 Å². The minimum absolute atomic E-state index is 0.198. The van der Waals surface area contributed by atoms with E-state index in [0.29, 0.717) is 30.5 Å². The number of carbonyl (C=O) groups is 2. The van der Waals surface area contributed by atoms with Crippen LogP contribution in [0.5, 0.6) is 0 Å². The summed E-state index contributed by atoms with van der Waals surface area (Å²) < 4.78 is 7.31. The second-order valence-corrected chi connectivity index (χ2v) is 7.77. The summed E-state index contributed by atoms with van der Waals surface area (Å²) >= 11 is 6.43. The normalized spacial score (nSPS) is 26.3. The molecule has 2 aliphatic rings. The first-order valence-corrected chi connectivity index (χ1v) is 9.20. The molecule has 1 aromatic carbocycles. The number of aromatic nitrogens is 2. The second-order valence-electron chi connectivity index (χ2n) is 7.42. The average Bonchev–Trinajstić information content (AvgIpc) is 3.32. The molecule has 0 spiro atoms. The van der Waals surface area contributed by atoms with Crippen molar-refractivity contribution in [3.05, 3.63) is 46.7 Å². The van der Waals surface area contributed by atoms with Crippen molar-refractivity contribution in [1.82, 2.24) is 15.1 Å². The van der Waals surface area contributed by atoms with Crippen molar-refractivity contribution in [2.24, 2.45) is 5.41 Å². The molecule has 4 rings (SSSR count). The molecule has 0 radical (unpaired) electrons. The number of aliphatic carboxylic acids is 1. The monoisotopic (exact) mass is 389 g/mol. The molecule has 2 heterocycles. The van der Waals surface area contributed by atoms with Gasteiger partial charge in [0.2, 0.25) is 0 Å². The molecule has 142 valence electrons. The van der Waals surface area contributed by atoms with Crippen molar-refractivity contribution < 1.29 is 19.4 Å². The van der Waals surface area contributed by atoms with Crippen LogP contribution < -0.4 is 5.32 Å². The molecule has 2 N–H and O–H groups in total. The van der Waals surface area contributed by atoms with Gasteiger partial charge >= 0.3 is 5.97 Å². The Balaban J connectivity index is 1.50. The van der Waals surface area contributed by atoms with Gasteiger partial charge in [-0.3, -0.25) is 9.59 Å². The van der Waals surface area contributed by atoms with Crippen LogP contribution in [0.4, 0.5) is 0 Å². The number of ether oxygens (including phenoxy) is 1. The molecule has 1 aliphatic carbocycles. The predicted molar refractivity (Wildman–Crippen MR) is 98.2 cm³/mol. The third-order valence-electron chi connectivity index (χ3n) is 5.63. The lowest BCUT2D eigenvalue weighted by Gasteiger charge is -2.27. The summed E-state index contributed by atoms with van der Waals surface area (Å²) in [5, 5.41) is 16.9. The molecule has 1 saturated heterocycles. The van der Waals surface area contributed by atoms with Crippen LogP contribution in [-0.4, -0.2) is 45.5 Å². The third kappa shape index (κ3) is 2.91. The minimum Gasteiger partial charge on any atom is -0.481 e. The summed E-state index contributed by atoms with van der Waals surface area (Å²) in [5.74, 6) is -1.16. The maximum absolute atomic E-state index is 12.8. The summed E-state index contributed by atoms with van der Waals surface area (Å²) in [5.41, 5.74) is 0.194. The Hall–Kier alpha value is -2.38. The molecule has 1 saturated carbocycles. The number of halogens is 1. The van der Waals surface area contributed by atoms with Crippen molar-refractivity contribution in [2.75, 3.05) is 13.2 Å². The first-order valence-electron chi connectivity index (χ1n) is 8.82. The Morgan fingerprint density at radius 3 is 2.67 bits per heavy atom. The number of amides is 1. The lowest BCUT2D eigenvalue weighted by Crippen LogP contribution is -2.41. The van der Waals surface area contributed by atoms with E-state index in [1.165, 1.54) is 4.68 Å². The van der Waals surface area contributed by atoms with Crippen molar-refractivity contribution in [3.8, 4) is 5.69 Å². The van der Waals surface area contributed by atoms with E-state index in [0.717, 1.165) is 5.69 Å². The van der Waals surface area contributed by atoms with E-state index in [1.807, 2.05) is 30.3 Å². The second kappa shape index (κ2) is 6.35. The molecule has 1 aliphatic heterocycles. The standard InChI is InChI=1S/C19H20ClN3O4/c1-12-14(15(20)23(22-12)13-5-3-2-4-6-13)16(24)21-10-19-8-7-18(9-19,11-27-19)17(25)26/h2-6H,7-11H2,1H3,(H,21,24)(H,25,26). The minimum atomic E-state index is -0.823. The molecule has 2 fully saturated rings. The highest BCUT2D eigenvalue weighted by atomic mass is 35.5. The number of nitrogens with zero attached hydrogens (tertiary/aromatic N) is 2. The summed E-state index contributed by atoms with van der Waals surface area (Å²) in [7, 11) is 0. The smallest absolute Gasteiger partial charge is 0.312 e. The molecule has 2 bridgehead atoms. The Morgan fingerprint density at radius 2 is 2.07 bits per heavy atom. The SMILES string of the molecule is Cc1nn(-c2ccccc2)c(Cl)c1C(=O)NCC12CCC(C(=O)O)(CO1)C2. The Morgan fingerprint density at radius 1 is 1.33 bits per heavy atom. The van der Waals surface area contributed by atoms with Gasteiger partial charge in [0.25, 0.3) is 5.91 Å². The first kappa shape index (κ1) is 18.0. The zero-order chi connectivity index (χ0) is 19.2. The third-order valence-corrected chi connectivity index (χ3v) is 5.98. The van der Waals surface area contributed by atoms with E-state index >= 15 is 0 Å². The van der Waals surface area contributed by atoms with Gasteiger partial charge < -0.3 is 15.2 Å². The quantitative estimate of drug-likeness (QED) is 0.819. The van der Waals surface area contributed by atoms with Crippen molar-refractivity contribution in [1.29, 1.82) is 0 Å². The van der Waals surface area contributed by atoms with Crippen molar-refractivity contribution >= 4 is 23.5 Å². The summed E-state index contributed by atoms with van der Waals surface area (Å²) in [6.07, 6.45) is 1.62. The Bertz CT molecular complexity index is 901. The first-order chi connectivity index (χ1) is 12.9. The van der Waals surface area contributed by atoms with Crippen LogP contribution in [0.15, 0.2) is 30.3 Å². The topological polar surface area (TPSA) is 93.5 Å². The van der Waals surface area contributed by atoms with E-state index < -0.39 is 17.0 Å². The van der Waals surface area contributed by atoms with Gasteiger partial charge in [-0.2, -0.15) is 5.10 Å². The number of nitrogens with one attached hydrogen (secondary N) is 1. The lowest BCUT2D eigenvalue weighted by atomic mass is 9.88. The van der Waals surface area contributed by atoms with Gasteiger partial charge in [0.05, 0.1) is 34.6 Å². The van der Waals surface area contributed by atoms with Crippen LogP contribution in [0.3, 0.4) is 0 Å². The Labute approximate surface area is 161 Å². The molecule has 2 aromatic rings. The number of hydrogen-bond acceptors (Lipinski definition) is 4. The van der Waals surface area contributed by atoms with Crippen LogP contribution in [-0.2, 0) is 9.53 Å². The highest BCUT2D eigenvalue weighted by Crippen LogP contribution is 2.52. The fourth-order valence-electron chi connectivity index (χ4n) is 4.07. The number of carbonyl (C=O) groups excluding carboxylic acids is 1. The number of rotatable bonds is 5. The zero-order valence-electron chi connectivity index (χ0n) is 14.9. The van der Waals surface area contributed by atoms with Crippen LogP contribution in [0, 0.1) is 12.3 Å². The molecule has 27 heavy (non-hydrogen) atoms. The Kier molecular flexibility index (Phi) is 4.24. The van der Waals surface area contributed by atoms with Crippen LogP contribution in [0.1, 0.15) is 35.3 Å². The van der Waals surface area contributed by atoms with Crippen molar-refractivity contribution in [3.63, 3.8) is 0 Å². The van der Waals surface area contributed by atoms with E-state index in [-0.39, 0.29) is 24.2 Å². The molecule has 7 nitrogen and oxygen atoms in total. The fourth-order valence-corrected chi connectivity index (χ4v) is 4.43. The largest absolute Gasteiger partial charge is 0.481 e. The average molecular weight is 390 g/mol. The number of carboxylic acid groups (broad SMARTS) is 1. The number of benzene rings is 1. The molecular formula is C19H20ClN3O4. The maximum Gasteiger partial charge on any atom is 0.312 e. The molecular weight excluding hydrogens is 370 g/mol. The number of para-hydroxylation sites is 1.